The van der Waals surface area contributed by atoms with Crippen molar-refractivity contribution in [3.63, 3.8) is 0 Å². The van der Waals surface area contributed by atoms with Crippen LogP contribution in [0, 0.1) is 0 Å². The van der Waals surface area contributed by atoms with Crippen molar-refractivity contribution in [3.8, 4) is 11.3 Å². The van der Waals surface area contributed by atoms with Gasteiger partial charge in [0, 0.05) is 42.6 Å². The molecule has 1 aromatic heterocycles. The van der Waals surface area contributed by atoms with E-state index in [0.29, 0.717) is 35.6 Å². The van der Waals surface area contributed by atoms with Crippen LogP contribution in [-0.4, -0.2) is 42.0 Å². The molecule has 0 bridgehead atoms. The van der Waals surface area contributed by atoms with Crippen LogP contribution in [0.5, 0.6) is 0 Å². The lowest BCUT2D eigenvalue weighted by molar-refractivity contribution is -0.132. The average Bonchev–Trinajstić information content (AvgIpc) is 3.09. The quantitative estimate of drug-likeness (QED) is 0.795. The molecular formula is C18H24Cl3N3O2. The van der Waals surface area contributed by atoms with Crippen LogP contribution < -0.4 is 5.32 Å². The van der Waals surface area contributed by atoms with Crippen LogP contribution in [-0.2, 0) is 11.2 Å². The molecule has 0 atom stereocenters. The number of halogens is 3. The van der Waals surface area contributed by atoms with Gasteiger partial charge in [-0.2, -0.15) is 0 Å². The van der Waals surface area contributed by atoms with Gasteiger partial charge in [0.2, 0.25) is 5.91 Å². The average molecular weight is 421 g/mol. The first-order valence-electron chi connectivity index (χ1n) is 8.31. The second-order valence-corrected chi connectivity index (χ2v) is 6.51. The van der Waals surface area contributed by atoms with Gasteiger partial charge in [0.15, 0.2) is 11.7 Å². The topological polar surface area (TPSA) is 58.4 Å². The number of carbonyl (C=O) groups excluding carboxylic acids is 1. The molecule has 2 aromatic rings. The molecule has 5 nitrogen and oxygen atoms in total. The number of oxazole rings is 1. The standard InChI is InChI=1S/C18H22ClN3O2.2ClH/c1-20-15-8-10-22(11-9-15)18(23)7-6-17-21-12-16(24-17)13-2-4-14(19)5-3-13;;/h2-5,12,15,20H,6-11H2,1H3;2*1H. The zero-order chi connectivity index (χ0) is 16.9. The molecule has 1 amide bonds. The highest BCUT2D eigenvalue weighted by molar-refractivity contribution is 6.30. The van der Waals surface area contributed by atoms with Gasteiger partial charge in [0.1, 0.15) is 0 Å². The Balaban J connectivity index is 0.00000169. The number of nitrogens with one attached hydrogen (secondary N) is 1. The van der Waals surface area contributed by atoms with Crippen LogP contribution in [0.1, 0.15) is 25.2 Å². The Bertz CT molecular complexity index is 683. The van der Waals surface area contributed by atoms with Gasteiger partial charge in [0.25, 0.3) is 0 Å². The fourth-order valence-electron chi connectivity index (χ4n) is 2.96. The third kappa shape index (κ3) is 5.88. The van der Waals surface area contributed by atoms with Crippen molar-refractivity contribution in [2.45, 2.75) is 31.7 Å². The van der Waals surface area contributed by atoms with E-state index in [1.165, 1.54) is 0 Å². The maximum Gasteiger partial charge on any atom is 0.223 e. The highest BCUT2D eigenvalue weighted by Gasteiger charge is 2.21. The zero-order valence-electron chi connectivity index (χ0n) is 14.6. The molecule has 1 fully saturated rings. The van der Waals surface area contributed by atoms with Crippen molar-refractivity contribution in [2.75, 3.05) is 20.1 Å². The number of benzene rings is 1. The van der Waals surface area contributed by atoms with Gasteiger partial charge in [-0.25, -0.2) is 4.98 Å². The number of hydrogen-bond acceptors (Lipinski definition) is 4. The molecule has 1 saturated heterocycles. The number of amides is 1. The molecule has 0 unspecified atom stereocenters. The van der Waals surface area contributed by atoms with Gasteiger partial charge < -0.3 is 14.6 Å². The van der Waals surface area contributed by atoms with E-state index in [1.807, 2.05) is 36.2 Å². The van der Waals surface area contributed by atoms with E-state index in [0.717, 1.165) is 31.5 Å². The maximum absolute atomic E-state index is 12.3. The lowest BCUT2D eigenvalue weighted by atomic mass is 10.0. The molecule has 0 saturated carbocycles. The number of likely N-dealkylation sites (tertiary alicyclic amines) is 1. The number of carbonyl (C=O) groups is 1. The normalized spacial score (nSPS) is 14.5. The van der Waals surface area contributed by atoms with E-state index in [1.54, 1.807) is 6.20 Å². The fraction of sp³-hybridized carbons (Fsp3) is 0.444. The number of nitrogens with zero attached hydrogens (tertiary/aromatic N) is 2. The Morgan fingerprint density at radius 1 is 1.27 bits per heavy atom. The molecule has 8 heteroatoms. The molecule has 2 heterocycles. The van der Waals surface area contributed by atoms with E-state index in [-0.39, 0.29) is 30.7 Å². The smallest absolute Gasteiger partial charge is 0.223 e. The molecular weight excluding hydrogens is 397 g/mol. The largest absolute Gasteiger partial charge is 0.441 e. The number of aryl methyl sites for hydroxylation is 1. The molecule has 3 rings (SSSR count). The fourth-order valence-corrected chi connectivity index (χ4v) is 3.09. The molecule has 0 spiro atoms. The summed E-state index contributed by atoms with van der Waals surface area (Å²) in [7, 11) is 1.98. The molecule has 26 heavy (non-hydrogen) atoms. The zero-order valence-corrected chi connectivity index (χ0v) is 17.0. The lowest BCUT2D eigenvalue weighted by Crippen LogP contribution is -2.44. The summed E-state index contributed by atoms with van der Waals surface area (Å²) in [5, 5.41) is 3.96. The van der Waals surface area contributed by atoms with Crippen LogP contribution >= 0.6 is 36.4 Å². The van der Waals surface area contributed by atoms with Gasteiger partial charge in [-0.3, -0.25) is 4.79 Å². The highest BCUT2D eigenvalue weighted by Crippen LogP contribution is 2.23. The van der Waals surface area contributed by atoms with E-state index in [9.17, 15) is 4.79 Å². The van der Waals surface area contributed by atoms with Crippen molar-refractivity contribution in [1.82, 2.24) is 15.2 Å². The number of piperidine rings is 1. The summed E-state index contributed by atoms with van der Waals surface area (Å²) in [5.41, 5.74) is 0.929. The summed E-state index contributed by atoms with van der Waals surface area (Å²) in [5.74, 6) is 1.47. The Labute approximate surface area is 171 Å². The van der Waals surface area contributed by atoms with Crippen LogP contribution in [0.2, 0.25) is 5.02 Å². The number of hydrogen-bond donors (Lipinski definition) is 1. The first kappa shape index (κ1) is 22.8. The van der Waals surface area contributed by atoms with Crippen molar-refractivity contribution < 1.29 is 9.21 Å². The third-order valence-corrected chi connectivity index (χ3v) is 4.74. The second kappa shape index (κ2) is 10.8. The molecule has 144 valence electrons. The molecule has 0 aliphatic carbocycles. The van der Waals surface area contributed by atoms with Crippen LogP contribution in [0.4, 0.5) is 0 Å². The summed E-state index contributed by atoms with van der Waals surface area (Å²) < 4.78 is 5.75. The third-order valence-electron chi connectivity index (χ3n) is 4.49. The van der Waals surface area contributed by atoms with Crippen molar-refractivity contribution in [3.05, 3.63) is 41.4 Å². The first-order valence-corrected chi connectivity index (χ1v) is 8.69. The van der Waals surface area contributed by atoms with Gasteiger partial charge in [-0.1, -0.05) is 11.6 Å². The van der Waals surface area contributed by atoms with Crippen LogP contribution in [0.15, 0.2) is 34.9 Å². The minimum atomic E-state index is 0. The Kier molecular flexibility index (Phi) is 9.44. The molecule has 1 aliphatic rings. The van der Waals surface area contributed by atoms with Gasteiger partial charge in [-0.15, -0.1) is 24.8 Å². The predicted molar refractivity (Wildman–Crippen MR) is 108 cm³/mol. The van der Waals surface area contributed by atoms with Gasteiger partial charge >= 0.3 is 0 Å². The Morgan fingerprint density at radius 3 is 2.54 bits per heavy atom. The summed E-state index contributed by atoms with van der Waals surface area (Å²) in [6.45, 7) is 1.65. The maximum atomic E-state index is 12.3. The first-order chi connectivity index (χ1) is 11.7. The summed E-state index contributed by atoms with van der Waals surface area (Å²) in [6, 6.07) is 7.95. The van der Waals surface area contributed by atoms with Crippen molar-refractivity contribution in [2.24, 2.45) is 0 Å². The highest BCUT2D eigenvalue weighted by atomic mass is 35.5. The number of aromatic nitrogens is 1. The predicted octanol–water partition coefficient (Wildman–Crippen LogP) is 3.98. The minimum absolute atomic E-state index is 0. The second-order valence-electron chi connectivity index (χ2n) is 6.07. The van der Waals surface area contributed by atoms with Gasteiger partial charge in [0.05, 0.1) is 6.20 Å². The number of rotatable bonds is 5. The Morgan fingerprint density at radius 2 is 1.92 bits per heavy atom. The van der Waals surface area contributed by atoms with Crippen molar-refractivity contribution in [1.29, 1.82) is 0 Å². The van der Waals surface area contributed by atoms with E-state index < -0.39 is 0 Å². The van der Waals surface area contributed by atoms with Gasteiger partial charge in [-0.05, 0) is 44.2 Å². The molecule has 1 aromatic carbocycles. The van der Waals surface area contributed by atoms with E-state index in [4.69, 9.17) is 16.0 Å². The Hall–Kier alpha value is -1.27. The molecule has 1 aliphatic heterocycles. The summed E-state index contributed by atoms with van der Waals surface area (Å²) in [6.07, 6.45) is 4.69. The summed E-state index contributed by atoms with van der Waals surface area (Å²) in [4.78, 5) is 18.5. The SMILES string of the molecule is CNC1CCN(C(=O)CCc2ncc(-c3ccc(Cl)cc3)o2)CC1.Cl.Cl. The van der Waals surface area contributed by atoms with Crippen LogP contribution in [0.25, 0.3) is 11.3 Å². The van der Waals surface area contributed by atoms with Crippen LogP contribution in [0.3, 0.4) is 0 Å². The van der Waals surface area contributed by atoms with E-state index >= 15 is 0 Å². The molecule has 1 N–H and O–H groups in total. The van der Waals surface area contributed by atoms with E-state index in [2.05, 4.69) is 10.3 Å². The van der Waals surface area contributed by atoms with Crippen molar-refractivity contribution >= 4 is 42.3 Å². The lowest BCUT2D eigenvalue weighted by Gasteiger charge is -2.31. The molecule has 0 radical (unpaired) electrons. The summed E-state index contributed by atoms with van der Waals surface area (Å²) >= 11 is 5.89. The minimum Gasteiger partial charge on any atom is -0.441 e. The monoisotopic (exact) mass is 419 g/mol.